The molecule has 2 aliphatic rings. The van der Waals surface area contributed by atoms with Gasteiger partial charge < -0.3 is 20.6 Å². The zero-order chi connectivity index (χ0) is 17.9. The van der Waals surface area contributed by atoms with Crippen LogP contribution in [0.4, 0.5) is 9.18 Å². The van der Waals surface area contributed by atoms with Gasteiger partial charge in [0.2, 0.25) is 5.91 Å². The Morgan fingerprint density at radius 3 is 2.62 bits per heavy atom. The normalized spacial score (nSPS) is 23.5. The highest BCUT2D eigenvalue weighted by molar-refractivity contribution is 5.75. The number of amides is 3. The molecule has 0 radical (unpaired) electrons. The molecule has 3 atom stereocenters. The molecule has 3 rings (SSSR count). The number of nitrogens with one attached hydrogen (secondary N) is 2. The Hall–Kier alpha value is -2.64. The van der Waals surface area contributed by atoms with Crippen LogP contribution in [0.1, 0.15) is 30.0 Å². The van der Waals surface area contributed by atoms with Gasteiger partial charge in [0.05, 0.1) is 6.04 Å². The van der Waals surface area contributed by atoms with Gasteiger partial charge in [-0.15, -0.1) is 0 Å². The smallest absolute Gasteiger partial charge is 0.315 e. The molecule has 0 spiro atoms. The Morgan fingerprint density at radius 2 is 2.04 bits per heavy atom. The van der Waals surface area contributed by atoms with Crippen molar-refractivity contribution in [2.24, 2.45) is 5.92 Å². The fourth-order valence-electron chi connectivity index (χ4n) is 3.57. The molecular weight excluding hydrogens is 317 g/mol. The number of nitrogens with zero attached hydrogens (tertiary/aromatic N) is 1. The molecule has 1 aliphatic carbocycles. The van der Waals surface area contributed by atoms with E-state index in [9.17, 15) is 14.0 Å². The lowest BCUT2D eigenvalue weighted by atomic mass is 9.94. The van der Waals surface area contributed by atoms with Crippen LogP contribution in [0.15, 0.2) is 18.2 Å². The molecule has 7 nitrogen and oxygen atoms in total. The summed E-state index contributed by atoms with van der Waals surface area (Å²) in [6, 6.07) is 4.41. The number of fused-ring (bicyclic) bond motifs is 3. The number of likely N-dealkylation sites (tertiary alicyclic amines) is 1. The van der Waals surface area contributed by atoms with Crippen LogP contribution in [0.2, 0.25) is 0 Å². The van der Waals surface area contributed by atoms with Crippen molar-refractivity contribution in [1.29, 1.82) is 0 Å². The number of carbonyl (C=O) groups is 3. The number of urea groups is 1. The largest absolute Gasteiger partial charge is 0.483 e. The van der Waals surface area contributed by atoms with Crippen molar-refractivity contribution in [2.75, 3.05) is 20.1 Å². The van der Waals surface area contributed by atoms with Gasteiger partial charge in [0.15, 0.2) is 0 Å². The summed E-state index contributed by atoms with van der Waals surface area (Å²) in [6.07, 6.45) is 0. The van der Waals surface area contributed by atoms with E-state index in [0.29, 0.717) is 18.7 Å². The summed E-state index contributed by atoms with van der Waals surface area (Å²) in [6.45, 7) is 2.33. The highest BCUT2D eigenvalue weighted by atomic mass is 19.1. The molecule has 1 heterocycles. The van der Waals surface area contributed by atoms with Gasteiger partial charge in [0, 0.05) is 38.9 Å². The van der Waals surface area contributed by atoms with Crippen LogP contribution in [0, 0.1) is 11.7 Å². The molecule has 0 aromatic heterocycles. The number of rotatable bonds is 1. The predicted octanol–water partition coefficient (Wildman–Crippen LogP) is 1.07. The summed E-state index contributed by atoms with van der Waals surface area (Å²) < 4.78 is 14.2. The number of halogens is 1. The van der Waals surface area contributed by atoms with E-state index in [-0.39, 0.29) is 42.1 Å². The lowest BCUT2D eigenvalue weighted by Crippen LogP contribution is -2.39. The molecule has 1 aliphatic heterocycles. The van der Waals surface area contributed by atoms with Crippen LogP contribution in [-0.4, -0.2) is 48.6 Å². The molecule has 0 unspecified atom stereocenters. The Kier molecular flexibility index (Phi) is 5.38. The maximum absolute atomic E-state index is 14.2. The molecule has 0 bridgehead atoms. The van der Waals surface area contributed by atoms with E-state index in [1.807, 2.05) is 6.07 Å². The summed E-state index contributed by atoms with van der Waals surface area (Å²) in [5.74, 6) is -0.291. The van der Waals surface area contributed by atoms with Crippen molar-refractivity contribution >= 4 is 18.4 Å². The lowest BCUT2D eigenvalue weighted by Gasteiger charge is -2.22. The minimum atomic E-state index is -0.294. The number of hydrogen-bond donors (Lipinski definition) is 3. The van der Waals surface area contributed by atoms with Crippen LogP contribution >= 0.6 is 0 Å². The Bertz CT molecular complexity index is 652. The molecule has 3 N–H and O–H groups in total. The highest BCUT2D eigenvalue weighted by Crippen LogP contribution is 2.50. The molecule has 0 saturated carbocycles. The molecule has 8 heteroatoms. The number of carboxylic acid groups (broad SMARTS) is 1. The van der Waals surface area contributed by atoms with Gasteiger partial charge in [-0.25, -0.2) is 9.18 Å². The monoisotopic (exact) mass is 337 g/mol. The second-order valence-electron chi connectivity index (χ2n) is 5.74. The summed E-state index contributed by atoms with van der Waals surface area (Å²) in [4.78, 5) is 33.3. The Balaban J connectivity index is 0.000000647. The summed E-state index contributed by atoms with van der Waals surface area (Å²) in [5.41, 5.74) is 1.48. The summed E-state index contributed by atoms with van der Waals surface area (Å²) in [5, 5.41) is 12.3. The maximum atomic E-state index is 14.2. The number of hydrogen-bond acceptors (Lipinski definition) is 3. The topological polar surface area (TPSA) is 98.7 Å². The molecule has 1 fully saturated rings. The van der Waals surface area contributed by atoms with Gasteiger partial charge in [-0.1, -0.05) is 12.1 Å². The Morgan fingerprint density at radius 1 is 1.38 bits per heavy atom. The van der Waals surface area contributed by atoms with Gasteiger partial charge in [0.25, 0.3) is 6.47 Å². The second-order valence-corrected chi connectivity index (χ2v) is 5.74. The third-order valence-electron chi connectivity index (χ3n) is 4.54. The van der Waals surface area contributed by atoms with Crippen molar-refractivity contribution < 1.29 is 23.9 Å². The maximum Gasteiger partial charge on any atom is 0.315 e. The molecule has 130 valence electrons. The zero-order valence-corrected chi connectivity index (χ0v) is 13.5. The minimum absolute atomic E-state index is 0.0130. The van der Waals surface area contributed by atoms with E-state index in [1.54, 1.807) is 18.0 Å². The van der Waals surface area contributed by atoms with Crippen molar-refractivity contribution in [2.45, 2.75) is 18.9 Å². The fraction of sp³-hybridized carbons (Fsp3) is 0.438. The molecular formula is C16H20FN3O4. The highest BCUT2D eigenvalue weighted by Gasteiger charge is 2.48. The summed E-state index contributed by atoms with van der Waals surface area (Å²) >= 11 is 0. The van der Waals surface area contributed by atoms with Crippen LogP contribution < -0.4 is 10.6 Å². The van der Waals surface area contributed by atoms with Gasteiger partial charge >= 0.3 is 6.03 Å². The third-order valence-corrected chi connectivity index (χ3v) is 4.54. The second kappa shape index (κ2) is 7.29. The van der Waals surface area contributed by atoms with Crippen LogP contribution in [0.5, 0.6) is 0 Å². The average Bonchev–Trinajstić information content (AvgIpc) is 3.08. The SMILES string of the molecule is CNC(=O)N[C@H]1c2cccc(F)c2[C@H]2CN(C(C)=O)C[C@H]21.O=CO. The van der Waals surface area contributed by atoms with E-state index in [4.69, 9.17) is 9.90 Å². The van der Waals surface area contributed by atoms with E-state index in [2.05, 4.69) is 10.6 Å². The fourth-order valence-corrected chi connectivity index (χ4v) is 3.57. The Labute approximate surface area is 138 Å². The van der Waals surface area contributed by atoms with E-state index in [0.717, 1.165) is 5.56 Å². The van der Waals surface area contributed by atoms with Crippen LogP contribution in [-0.2, 0) is 9.59 Å². The van der Waals surface area contributed by atoms with Crippen LogP contribution in [0.25, 0.3) is 0 Å². The molecule has 3 amide bonds. The quantitative estimate of drug-likeness (QED) is 0.668. The summed E-state index contributed by atoms with van der Waals surface area (Å²) in [7, 11) is 1.55. The number of benzene rings is 1. The first-order valence-corrected chi connectivity index (χ1v) is 7.54. The van der Waals surface area contributed by atoms with Gasteiger partial charge in [-0.05, 0) is 17.2 Å². The van der Waals surface area contributed by atoms with E-state index < -0.39 is 0 Å². The third kappa shape index (κ3) is 3.17. The standard InChI is InChI=1S/C15H18FN3O2.CH2O2/c1-8(20)19-6-10-11(7-19)14(18-15(21)17-2)9-4-3-5-12(16)13(9)10;2-1-3/h3-5,10-11,14H,6-7H2,1-2H3,(H2,17,18,21);1H,(H,2,3)/t10-,11+,14-;/m0./s1. The predicted molar refractivity (Wildman–Crippen MR) is 83.9 cm³/mol. The zero-order valence-electron chi connectivity index (χ0n) is 13.5. The first-order chi connectivity index (χ1) is 11.4. The first-order valence-electron chi connectivity index (χ1n) is 7.54. The van der Waals surface area contributed by atoms with E-state index >= 15 is 0 Å². The lowest BCUT2D eigenvalue weighted by molar-refractivity contribution is -0.128. The number of carbonyl (C=O) groups excluding carboxylic acids is 2. The van der Waals surface area contributed by atoms with Gasteiger partial charge in [-0.3, -0.25) is 9.59 Å². The molecule has 1 saturated heterocycles. The van der Waals surface area contributed by atoms with Gasteiger partial charge in [0.1, 0.15) is 5.82 Å². The first kappa shape index (κ1) is 17.7. The van der Waals surface area contributed by atoms with Crippen molar-refractivity contribution in [3.8, 4) is 0 Å². The minimum Gasteiger partial charge on any atom is -0.483 e. The average molecular weight is 337 g/mol. The van der Waals surface area contributed by atoms with Crippen molar-refractivity contribution in [1.82, 2.24) is 15.5 Å². The van der Waals surface area contributed by atoms with Crippen molar-refractivity contribution in [3.05, 3.63) is 35.1 Å². The molecule has 24 heavy (non-hydrogen) atoms. The molecule has 1 aromatic rings. The van der Waals surface area contributed by atoms with E-state index in [1.165, 1.54) is 13.0 Å². The van der Waals surface area contributed by atoms with Crippen LogP contribution in [0.3, 0.4) is 0 Å². The van der Waals surface area contributed by atoms with Gasteiger partial charge in [-0.2, -0.15) is 0 Å². The van der Waals surface area contributed by atoms with Crippen molar-refractivity contribution in [3.63, 3.8) is 0 Å². The molecule has 1 aromatic carbocycles.